The standard InChI is InChI=1S/C28H35N5O4.H2O/c29-17-28(16-24(34)35)15-23(33(26(28)37)12-4-7-18-5-2-1-3-6-18)25(36)21-9-8-20-14-22(32-27(30)31)11-10-19(20)13-21;/h1-3,5-6,8-9,13,22-23H,4,7,10-12,14-17,29H2,(H,34,35)(H4,30,31,32);1H2/t22?,23-,28-;/m0./s1. The number of carboxylic acids is 1. The molecule has 4 rings (SSSR count). The molecule has 2 aromatic rings. The van der Waals surface area contributed by atoms with Crippen molar-refractivity contribution >= 4 is 23.6 Å². The lowest BCUT2D eigenvalue weighted by molar-refractivity contribution is -0.146. The second kappa shape index (κ2) is 12.2. The SMILES string of the molecule is NC[C@@]1(CC(=O)O)C[C@@H](C(=O)c2ccc3c(c2)CCC(N=C(N)N)C3)N(CCCc2ccccc2)C1=O.O. The molecule has 9 N–H and O–H groups in total. The van der Waals surface area contributed by atoms with Gasteiger partial charge in [-0.3, -0.25) is 14.4 Å². The van der Waals surface area contributed by atoms with E-state index in [0.29, 0.717) is 24.9 Å². The molecule has 0 radical (unpaired) electrons. The molecule has 1 unspecified atom stereocenters. The fourth-order valence-corrected chi connectivity index (χ4v) is 5.69. The molecule has 1 aliphatic carbocycles. The second-order valence-corrected chi connectivity index (χ2v) is 10.2. The molecule has 10 nitrogen and oxygen atoms in total. The third-order valence-electron chi connectivity index (χ3n) is 7.59. The number of aliphatic imine (C=N–C) groups is 1. The van der Waals surface area contributed by atoms with Crippen LogP contribution in [0.2, 0.25) is 0 Å². The molecule has 10 heteroatoms. The smallest absolute Gasteiger partial charge is 0.304 e. The minimum absolute atomic E-state index is 0. The first kappa shape index (κ1) is 28.8. The number of fused-ring (bicyclic) bond motifs is 1. The lowest BCUT2D eigenvalue weighted by atomic mass is 9.80. The van der Waals surface area contributed by atoms with E-state index in [4.69, 9.17) is 17.2 Å². The Bertz CT molecular complexity index is 1200. The largest absolute Gasteiger partial charge is 0.481 e. The van der Waals surface area contributed by atoms with Crippen LogP contribution in [0.5, 0.6) is 0 Å². The van der Waals surface area contributed by atoms with E-state index < -0.39 is 23.8 Å². The molecule has 2 aromatic carbocycles. The van der Waals surface area contributed by atoms with Crippen LogP contribution in [0, 0.1) is 5.41 Å². The number of rotatable bonds is 10. The zero-order valence-electron chi connectivity index (χ0n) is 21.4. The fraction of sp³-hybridized carbons (Fsp3) is 0.429. The number of carboxylic acid groups (broad SMARTS) is 1. The summed E-state index contributed by atoms with van der Waals surface area (Å²) in [5.74, 6) is -1.55. The molecule has 1 aliphatic heterocycles. The van der Waals surface area contributed by atoms with E-state index >= 15 is 0 Å². The summed E-state index contributed by atoms with van der Waals surface area (Å²) in [6.45, 7) is 0.240. The summed E-state index contributed by atoms with van der Waals surface area (Å²) in [5.41, 5.74) is 19.6. The van der Waals surface area contributed by atoms with Gasteiger partial charge < -0.3 is 32.7 Å². The molecule has 3 atom stereocenters. The molecular weight excluding hydrogens is 486 g/mol. The van der Waals surface area contributed by atoms with Crippen LogP contribution >= 0.6 is 0 Å². The maximum Gasteiger partial charge on any atom is 0.304 e. The number of nitrogens with two attached hydrogens (primary N) is 3. The van der Waals surface area contributed by atoms with Gasteiger partial charge in [-0.25, -0.2) is 4.99 Å². The summed E-state index contributed by atoms with van der Waals surface area (Å²) in [6, 6.07) is 14.8. The number of aliphatic carboxylic acids is 1. The highest BCUT2D eigenvalue weighted by Crippen LogP contribution is 2.40. The van der Waals surface area contributed by atoms with Crippen molar-refractivity contribution in [2.45, 2.75) is 57.0 Å². The van der Waals surface area contributed by atoms with E-state index in [-0.39, 0.29) is 42.1 Å². The van der Waals surface area contributed by atoms with Gasteiger partial charge in [-0.15, -0.1) is 0 Å². The van der Waals surface area contributed by atoms with Crippen molar-refractivity contribution in [2.24, 2.45) is 27.6 Å². The summed E-state index contributed by atoms with van der Waals surface area (Å²) >= 11 is 0. The number of hydrogen-bond donors (Lipinski definition) is 4. The van der Waals surface area contributed by atoms with Crippen LogP contribution in [-0.4, -0.2) is 64.3 Å². The first-order valence-corrected chi connectivity index (χ1v) is 12.7. The second-order valence-electron chi connectivity index (χ2n) is 10.2. The van der Waals surface area contributed by atoms with E-state index in [1.54, 1.807) is 11.0 Å². The summed E-state index contributed by atoms with van der Waals surface area (Å²) in [7, 11) is 0. The normalized spacial score (nSPS) is 22.3. The number of aryl methyl sites for hydroxylation is 2. The monoisotopic (exact) mass is 523 g/mol. The van der Waals surface area contributed by atoms with Gasteiger partial charge in [-0.1, -0.05) is 42.5 Å². The zero-order chi connectivity index (χ0) is 26.6. The Morgan fingerprint density at radius 1 is 1.11 bits per heavy atom. The van der Waals surface area contributed by atoms with Crippen molar-refractivity contribution in [3.63, 3.8) is 0 Å². The van der Waals surface area contributed by atoms with Crippen molar-refractivity contribution < 1.29 is 25.0 Å². The molecular formula is C28H37N5O5. The zero-order valence-corrected chi connectivity index (χ0v) is 21.4. The molecule has 0 aromatic heterocycles. The molecule has 0 bridgehead atoms. The first-order chi connectivity index (χ1) is 17.7. The van der Waals surface area contributed by atoms with Crippen molar-refractivity contribution in [1.82, 2.24) is 4.90 Å². The molecule has 1 saturated heterocycles. The molecule has 1 heterocycles. The Morgan fingerprint density at radius 2 is 1.84 bits per heavy atom. The number of hydrogen-bond acceptors (Lipinski definition) is 5. The number of likely N-dealkylation sites (tertiary alicyclic amines) is 1. The lowest BCUT2D eigenvalue weighted by Gasteiger charge is -2.26. The van der Waals surface area contributed by atoms with Gasteiger partial charge in [-0.05, 0) is 61.3 Å². The highest BCUT2D eigenvalue weighted by atomic mass is 16.4. The molecule has 0 spiro atoms. The van der Waals surface area contributed by atoms with Crippen LogP contribution in [-0.2, 0) is 28.9 Å². The number of Topliss-reactive ketones (excluding diaryl/α,β-unsaturated/α-hetero) is 1. The Labute approximate surface area is 222 Å². The van der Waals surface area contributed by atoms with Crippen LogP contribution in [0.25, 0.3) is 0 Å². The summed E-state index contributed by atoms with van der Waals surface area (Å²) in [6.07, 6.45) is 3.34. The minimum Gasteiger partial charge on any atom is -0.481 e. The van der Waals surface area contributed by atoms with E-state index in [1.807, 2.05) is 42.5 Å². The van der Waals surface area contributed by atoms with Crippen molar-refractivity contribution in [3.8, 4) is 0 Å². The highest BCUT2D eigenvalue weighted by Gasteiger charge is 2.53. The highest BCUT2D eigenvalue weighted by molar-refractivity contribution is 6.05. The van der Waals surface area contributed by atoms with Gasteiger partial charge >= 0.3 is 5.97 Å². The number of carbonyl (C=O) groups excluding carboxylic acids is 2. The molecule has 38 heavy (non-hydrogen) atoms. The van der Waals surface area contributed by atoms with Crippen molar-refractivity contribution in [2.75, 3.05) is 13.1 Å². The Morgan fingerprint density at radius 3 is 2.50 bits per heavy atom. The van der Waals surface area contributed by atoms with E-state index in [9.17, 15) is 19.5 Å². The summed E-state index contributed by atoms with van der Waals surface area (Å²) in [5, 5.41) is 9.51. The predicted molar refractivity (Wildman–Crippen MR) is 145 cm³/mol. The van der Waals surface area contributed by atoms with Crippen molar-refractivity contribution in [1.29, 1.82) is 0 Å². The lowest BCUT2D eigenvalue weighted by Crippen LogP contribution is -2.43. The van der Waals surface area contributed by atoms with Gasteiger partial charge in [0.05, 0.1) is 23.9 Å². The summed E-state index contributed by atoms with van der Waals surface area (Å²) in [4.78, 5) is 44.8. The Hall–Kier alpha value is -3.76. The number of ketones is 1. The average Bonchev–Trinajstić information content (AvgIpc) is 3.14. The molecule has 0 saturated carbocycles. The molecule has 1 fully saturated rings. The number of guanidine groups is 1. The van der Waals surface area contributed by atoms with Gasteiger partial charge in [-0.2, -0.15) is 0 Å². The predicted octanol–water partition coefficient (Wildman–Crippen LogP) is 0.829. The van der Waals surface area contributed by atoms with Gasteiger partial charge in [0, 0.05) is 18.7 Å². The third-order valence-corrected chi connectivity index (χ3v) is 7.59. The van der Waals surface area contributed by atoms with Crippen LogP contribution in [0.1, 0.15) is 52.7 Å². The van der Waals surface area contributed by atoms with Gasteiger partial charge in [0.1, 0.15) is 0 Å². The minimum atomic E-state index is -1.28. The summed E-state index contributed by atoms with van der Waals surface area (Å²) < 4.78 is 0. The number of carbonyl (C=O) groups is 3. The van der Waals surface area contributed by atoms with E-state index in [0.717, 1.165) is 36.0 Å². The number of amides is 1. The van der Waals surface area contributed by atoms with Gasteiger partial charge in [0.2, 0.25) is 5.91 Å². The van der Waals surface area contributed by atoms with Gasteiger partial charge in [0.15, 0.2) is 11.7 Å². The topological polar surface area (TPSA) is 197 Å². The molecule has 204 valence electrons. The van der Waals surface area contributed by atoms with Crippen LogP contribution < -0.4 is 17.2 Å². The first-order valence-electron chi connectivity index (χ1n) is 12.7. The number of nitrogens with zero attached hydrogens (tertiary/aromatic N) is 2. The van der Waals surface area contributed by atoms with Crippen LogP contribution in [0.3, 0.4) is 0 Å². The maximum absolute atomic E-state index is 13.8. The quantitative estimate of drug-likeness (QED) is 0.201. The Kier molecular flexibility index (Phi) is 9.24. The maximum atomic E-state index is 13.8. The van der Waals surface area contributed by atoms with Crippen molar-refractivity contribution in [3.05, 3.63) is 70.8 Å². The number of benzene rings is 2. The fourth-order valence-electron chi connectivity index (χ4n) is 5.69. The van der Waals surface area contributed by atoms with Gasteiger partial charge in [0.25, 0.3) is 0 Å². The van der Waals surface area contributed by atoms with E-state index in [2.05, 4.69) is 4.99 Å². The average molecular weight is 524 g/mol. The molecule has 2 aliphatic rings. The molecule has 1 amide bonds. The van der Waals surface area contributed by atoms with Crippen LogP contribution in [0.15, 0.2) is 53.5 Å². The Balaban J connectivity index is 0.00000400. The van der Waals surface area contributed by atoms with Crippen LogP contribution in [0.4, 0.5) is 0 Å². The van der Waals surface area contributed by atoms with E-state index in [1.165, 1.54) is 0 Å². The third kappa shape index (κ3) is 6.20.